The van der Waals surface area contributed by atoms with Crippen LogP contribution in [0.1, 0.15) is 28.0 Å². The molecule has 4 aromatic rings. The van der Waals surface area contributed by atoms with Crippen LogP contribution in [0.3, 0.4) is 0 Å². The Balaban J connectivity index is 1.34. The van der Waals surface area contributed by atoms with Crippen LogP contribution in [-0.4, -0.2) is 56.3 Å². The highest BCUT2D eigenvalue weighted by atomic mass is 35.5. The van der Waals surface area contributed by atoms with E-state index in [0.29, 0.717) is 49.7 Å². The summed E-state index contributed by atoms with van der Waals surface area (Å²) in [6.45, 7) is 1.79. The molecule has 0 bridgehead atoms. The number of aromatic nitrogens is 3. The third-order valence-corrected chi connectivity index (χ3v) is 7.24. The third-order valence-electron chi connectivity index (χ3n) is 6.48. The maximum atomic E-state index is 14.8. The number of carbonyl (C=O) groups excluding carboxylic acids is 1. The number of benzene rings is 1. The molecule has 3 aromatic heterocycles. The molecule has 1 aliphatic heterocycles. The van der Waals surface area contributed by atoms with Gasteiger partial charge in [0.15, 0.2) is 0 Å². The monoisotopic (exact) mass is 558 g/mol. The highest BCUT2D eigenvalue weighted by Gasteiger charge is 2.24. The zero-order valence-electron chi connectivity index (χ0n) is 19.9. The van der Waals surface area contributed by atoms with E-state index in [9.17, 15) is 24.1 Å². The van der Waals surface area contributed by atoms with E-state index in [1.165, 1.54) is 41.1 Å². The summed E-state index contributed by atoms with van der Waals surface area (Å²) in [7, 11) is 0. The van der Waals surface area contributed by atoms with E-state index in [-0.39, 0.29) is 38.9 Å². The minimum absolute atomic E-state index is 0.0540. The van der Waals surface area contributed by atoms with Crippen LogP contribution in [0.2, 0.25) is 10.2 Å². The van der Waals surface area contributed by atoms with Gasteiger partial charge in [-0.05, 0) is 36.2 Å². The predicted octanol–water partition coefficient (Wildman–Crippen LogP) is 4.32. The maximum Gasteiger partial charge on any atom is 0.287 e. The second-order valence-corrected chi connectivity index (χ2v) is 9.63. The Hall–Kier alpha value is -3.96. The number of pyridine rings is 1. The Morgan fingerprint density at radius 2 is 1.95 bits per heavy atom. The van der Waals surface area contributed by atoms with E-state index >= 15 is 0 Å². The van der Waals surface area contributed by atoms with Crippen LogP contribution in [0.25, 0.3) is 5.52 Å². The predicted molar refractivity (Wildman–Crippen MR) is 141 cm³/mol. The largest absolute Gasteiger partial charge is 0.355 e. The number of rotatable bonds is 5. The smallest absolute Gasteiger partial charge is 0.287 e. The Labute approximate surface area is 225 Å². The van der Waals surface area contributed by atoms with Crippen LogP contribution in [0.15, 0.2) is 53.6 Å². The van der Waals surface area contributed by atoms with E-state index in [0.717, 1.165) is 0 Å². The molecular weight excluding hydrogens is 538 g/mol. The van der Waals surface area contributed by atoms with Crippen molar-refractivity contribution >= 4 is 46.1 Å². The number of carbonyl (C=O) groups is 1. The molecular formula is C25H21Cl2FN6O4. The number of amides is 1. The van der Waals surface area contributed by atoms with Gasteiger partial charge in [-0.15, -0.1) is 0 Å². The molecule has 1 saturated heterocycles. The van der Waals surface area contributed by atoms with Gasteiger partial charge < -0.3 is 14.8 Å². The van der Waals surface area contributed by atoms with Crippen molar-refractivity contribution in [1.29, 1.82) is 0 Å². The highest BCUT2D eigenvalue weighted by molar-refractivity contribution is 6.42. The second kappa shape index (κ2) is 10.4. The molecule has 1 N–H and O–H groups in total. The minimum atomic E-state index is -0.634. The molecule has 0 spiro atoms. The van der Waals surface area contributed by atoms with Gasteiger partial charge in [0.1, 0.15) is 28.5 Å². The molecule has 5 rings (SSSR count). The van der Waals surface area contributed by atoms with Gasteiger partial charge in [-0.3, -0.25) is 24.1 Å². The Morgan fingerprint density at radius 1 is 1.13 bits per heavy atom. The first-order valence-electron chi connectivity index (χ1n) is 11.7. The fourth-order valence-corrected chi connectivity index (χ4v) is 5.01. The summed E-state index contributed by atoms with van der Waals surface area (Å²) in [5.74, 6) is -0.490. The number of aromatic amines is 1. The number of H-pyrrole nitrogens is 1. The first-order valence-corrected chi connectivity index (χ1v) is 12.5. The van der Waals surface area contributed by atoms with Gasteiger partial charge in [0.2, 0.25) is 0 Å². The molecule has 0 atom stereocenters. The topological polar surface area (TPSA) is 117 Å². The lowest BCUT2D eigenvalue weighted by Crippen LogP contribution is -2.35. The van der Waals surface area contributed by atoms with E-state index in [1.54, 1.807) is 17.0 Å². The molecule has 10 nitrogen and oxygen atoms in total. The fraction of sp³-hybridized carbons (Fsp3) is 0.240. The van der Waals surface area contributed by atoms with Crippen molar-refractivity contribution in [3.63, 3.8) is 0 Å². The van der Waals surface area contributed by atoms with Gasteiger partial charge in [0.05, 0.1) is 15.5 Å². The molecule has 4 heterocycles. The lowest BCUT2D eigenvalue weighted by molar-refractivity contribution is -0.385. The number of halogens is 3. The SMILES string of the molecule is O=C(c1cc(Cc2c[nH]c(=O)c3cc(Cl)c(Cl)n23)ccc1F)N1CCCN(c2ccc([N+](=O)[O-])cn2)CC1. The summed E-state index contributed by atoms with van der Waals surface area (Å²) in [5.41, 5.74) is 1.05. The fourth-order valence-electron chi connectivity index (χ4n) is 4.57. The summed E-state index contributed by atoms with van der Waals surface area (Å²) in [6, 6.07) is 8.78. The highest BCUT2D eigenvalue weighted by Crippen LogP contribution is 2.27. The van der Waals surface area contributed by atoms with E-state index in [1.807, 2.05) is 4.90 Å². The minimum Gasteiger partial charge on any atom is -0.355 e. The van der Waals surface area contributed by atoms with Crippen LogP contribution in [-0.2, 0) is 6.42 Å². The van der Waals surface area contributed by atoms with Crippen molar-refractivity contribution in [2.24, 2.45) is 0 Å². The lowest BCUT2D eigenvalue weighted by atomic mass is 10.0. The molecule has 0 radical (unpaired) electrons. The average Bonchev–Trinajstić information content (AvgIpc) is 3.07. The molecule has 0 saturated carbocycles. The van der Waals surface area contributed by atoms with E-state index < -0.39 is 16.6 Å². The van der Waals surface area contributed by atoms with Gasteiger partial charge in [0, 0.05) is 50.6 Å². The van der Waals surface area contributed by atoms with Crippen molar-refractivity contribution in [2.75, 3.05) is 31.1 Å². The number of nitrogens with zero attached hydrogens (tertiary/aromatic N) is 5. The third kappa shape index (κ3) is 4.94. The Bertz CT molecular complexity index is 1600. The van der Waals surface area contributed by atoms with Crippen LogP contribution >= 0.6 is 23.2 Å². The molecule has 1 amide bonds. The second-order valence-electron chi connectivity index (χ2n) is 8.87. The zero-order chi connectivity index (χ0) is 27.0. The van der Waals surface area contributed by atoms with Crippen molar-refractivity contribution in [3.8, 4) is 0 Å². The normalized spacial score (nSPS) is 14.1. The molecule has 38 heavy (non-hydrogen) atoms. The first-order chi connectivity index (χ1) is 18.2. The van der Waals surface area contributed by atoms with Gasteiger partial charge in [-0.25, -0.2) is 9.37 Å². The van der Waals surface area contributed by atoms with E-state index in [2.05, 4.69) is 9.97 Å². The van der Waals surface area contributed by atoms with Crippen molar-refractivity contribution < 1.29 is 14.1 Å². The van der Waals surface area contributed by atoms with Crippen molar-refractivity contribution in [2.45, 2.75) is 12.8 Å². The number of anilines is 1. The maximum absolute atomic E-state index is 14.8. The lowest BCUT2D eigenvalue weighted by Gasteiger charge is -2.23. The van der Waals surface area contributed by atoms with Gasteiger partial charge in [0.25, 0.3) is 17.2 Å². The van der Waals surface area contributed by atoms with Crippen molar-refractivity contribution in [3.05, 3.63) is 102 Å². The number of nitro groups is 1. The number of nitrogens with one attached hydrogen (secondary N) is 1. The Kier molecular flexibility index (Phi) is 7.04. The molecule has 13 heteroatoms. The molecule has 196 valence electrons. The standard InChI is InChI=1S/C25H21Cl2FN6O4/c26-19-12-21-24(35)30-14-17(33(21)23(19)27)10-15-2-4-20(28)18(11-15)25(36)32-7-1-6-31(8-9-32)22-5-3-16(13-29-22)34(37)38/h2-5,11-14H,1,6-10H2,(H,30,35). The summed E-state index contributed by atoms with van der Waals surface area (Å²) in [6.07, 6.45) is 3.60. The summed E-state index contributed by atoms with van der Waals surface area (Å²) in [4.78, 5) is 46.2. The Morgan fingerprint density at radius 3 is 2.68 bits per heavy atom. The summed E-state index contributed by atoms with van der Waals surface area (Å²) < 4.78 is 16.4. The molecule has 1 aromatic carbocycles. The number of fused-ring (bicyclic) bond motifs is 1. The van der Waals surface area contributed by atoms with Gasteiger partial charge >= 0.3 is 0 Å². The molecule has 0 unspecified atom stereocenters. The first kappa shape index (κ1) is 25.7. The van der Waals surface area contributed by atoms with Crippen LogP contribution in [0, 0.1) is 15.9 Å². The molecule has 1 fully saturated rings. The summed E-state index contributed by atoms with van der Waals surface area (Å²) in [5, 5.41) is 11.3. The number of hydrogen-bond acceptors (Lipinski definition) is 6. The number of hydrogen-bond donors (Lipinski definition) is 1. The van der Waals surface area contributed by atoms with E-state index in [4.69, 9.17) is 23.2 Å². The van der Waals surface area contributed by atoms with Crippen molar-refractivity contribution in [1.82, 2.24) is 19.3 Å². The quantitative estimate of drug-likeness (QED) is 0.288. The van der Waals surface area contributed by atoms with Gasteiger partial charge in [-0.1, -0.05) is 29.3 Å². The van der Waals surface area contributed by atoms with Gasteiger partial charge in [-0.2, -0.15) is 0 Å². The average molecular weight is 559 g/mol. The van der Waals surface area contributed by atoms with Crippen LogP contribution in [0.4, 0.5) is 15.9 Å². The molecule has 1 aliphatic rings. The van der Waals surface area contributed by atoms with Crippen LogP contribution in [0.5, 0.6) is 0 Å². The van der Waals surface area contributed by atoms with Crippen LogP contribution < -0.4 is 10.5 Å². The summed E-state index contributed by atoms with van der Waals surface area (Å²) >= 11 is 12.4. The molecule has 0 aliphatic carbocycles. The zero-order valence-corrected chi connectivity index (χ0v) is 21.4.